The summed E-state index contributed by atoms with van der Waals surface area (Å²) in [6.45, 7) is 4.08. The van der Waals surface area contributed by atoms with Crippen molar-refractivity contribution >= 4 is 18.0 Å². The van der Waals surface area contributed by atoms with Gasteiger partial charge >= 0.3 is 12.1 Å². The fraction of sp³-hybridized carbons (Fsp3) is 0.812. The minimum Gasteiger partial charge on any atom is -0.480 e. The van der Waals surface area contributed by atoms with Crippen molar-refractivity contribution in [3.05, 3.63) is 0 Å². The number of carbonyl (C=O) groups is 3. The lowest BCUT2D eigenvalue weighted by atomic mass is 9.85. The molecule has 0 bridgehead atoms. The van der Waals surface area contributed by atoms with E-state index in [9.17, 15) is 24.6 Å². The van der Waals surface area contributed by atoms with Gasteiger partial charge in [0, 0.05) is 25.4 Å². The first-order valence-corrected chi connectivity index (χ1v) is 8.38. The average Bonchev–Trinajstić information content (AvgIpc) is 2.94. The van der Waals surface area contributed by atoms with E-state index < -0.39 is 18.1 Å². The van der Waals surface area contributed by atoms with E-state index in [1.165, 1.54) is 0 Å². The van der Waals surface area contributed by atoms with Crippen LogP contribution in [0.15, 0.2) is 0 Å². The first-order valence-electron chi connectivity index (χ1n) is 8.38. The molecule has 0 spiro atoms. The highest BCUT2D eigenvalue weighted by atomic mass is 16.4. The topological polar surface area (TPSA) is 98.2 Å². The molecule has 1 saturated carbocycles. The molecule has 1 aliphatic carbocycles. The second-order valence-corrected chi connectivity index (χ2v) is 6.75. The Balaban J connectivity index is 2.18. The Morgan fingerprint density at radius 2 is 1.70 bits per heavy atom. The molecular weight excluding hydrogens is 300 g/mol. The molecule has 2 rings (SSSR count). The van der Waals surface area contributed by atoms with Crippen LogP contribution in [0.3, 0.4) is 0 Å². The Labute approximate surface area is 136 Å². The molecule has 2 N–H and O–H groups in total. The summed E-state index contributed by atoms with van der Waals surface area (Å²) in [5.74, 6) is -0.502. The van der Waals surface area contributed by atoms with Crippen molar-refractivity contribution in [1.82, 2.24) is 9.80 Å². The van der Waals surface area contributed by atoms with Gasteiger partial charge in [0.05, 0.1) is 6.04 Å². The third-order valence-corrected chi connectivity index (χ3v) is 5.17. The zero-order valence-electron chi connectivity index (χ0n) is 13.8. The summed E-state index contributed by atoms with van der Waals surface area (Å²) in [5.41, 5.74) is 0. The first-order chi connectivity index (χ1) is 10.8. The van der Waals surface area contributed by atoms with Gasteiger partial charge in [-0.05, 0) is 31.6 Å². The van der Waals surface area contributed by atoms with Gasteiger partial charge in [-0.15, -0.1) is 0 Å². The molecule has 0 radical (unpaired) electrons. The molecule has 23 heavy (non-hydrogen) atoms. The van der Waals surface area contributed by atoms with Crippen molar-refractivity contribution < 1.29 is 24.6 Å². The van der Waals surface area contributed by atoms with Gasteiger partial charge in [-0.3, -0.25) is 9.69 Å². The molecule has 2 aliphatic rings. The predicted molar refractivity (Wildman–Crippen MR) is 83.1 cm³/mol. The number of carboxylic acids is 1. The second kappa shape index (κ2) is 7.19. The molecule has 7 heteroatoms. The number of likely N-dealkylation sites (tertiary alicyclic amines) is 1. The highest BCUT2D eigenvalue weighted by Gasteiger charge is 2.44. The molecule has 0 aromatic heterocycles. The lowest BCUT2D eigenvalue weighted by Crippen LogP contribution is -2.49. The van der Waals surface area contributed by atoms with Crippen molar-refractivity contribution in [3.63, 3.8) is 0 Å². The van der Waals surface area contributed by atoms with E-state index in [1.807, 2.05) is 0 Å². The third kappa shape index (κ3) is 3.76. The van der Waals surface area contributed by atoms with Crippen molar-refractivity contribution in [3.8, 4) is 0 Å². The normalized spacial score (nSPS) is 31.0. The van der Waals surface area contributed by atoms with Gasteiger partial charge in [0.15, 0.2) is 0 Å². The van der Waals surface area contributed by atoms with Gasteiger partial charge in [0.2, 0.25) is 5.91 Å². The van der Waals surface area contributed by atoms with Crippen LogP contribution in [-0.2, 0) is 9.59 Å². The number of nitrogens with zero attached hydrogens (tertiary/aromatic N) is 2. The quantitative estimate of drug-likeness (QED) is 0.823. The maximum atomic E-state index is 12.4. The van der Waals surface area contributed by atoms with Crippen LogP contribution in [0, 0.1) is 5.92 Å². The highest BCUT2D eigenvalue weighted by Crippen LogP contribution is 2.32. The number of hydrogen-bond donors (Lipinski definition) is 2. The smallest absolute Gasteiger partial charge is 0.408 e. The molecule has 1 aliphatic heterocycles. The van der Waals surface area contributed by atoms with Gasteiger partial charge < -0.3 is 15.1 Å². The zero-order chi connectivity index (χ0) is 17.1. The average molecular weight is 326 g/mol. The standard InChI is InChI=1S/C16H26N2O5/c1-3-14(19)18(11-6-4-10(2)5-7-11)12-8-13(15(20)21)17(9-12)16(22)23/h10-13H,3-9H2,1-2H3,(H,20,21)(H,22,23). The van der Waals surface area contributed by atoms with Crippen molar-refractivity contribution in [1.29, 1.82) is 0 Å². The van der Waals surface area contributed by atoms with Crippen molar-refractivity contribution in [2.24, 2.45) is 5.92 Å². The summed E-state index contributed by atoms with van der Waals surface area (Å²) >= 11 is 0. The summed E-state index contributed by atoms with van der Waals surface area (Å²) < 4.78 is 0. The van der Waals surface area contributed by atoms with Crippen LogP contribution in [0.4, 0.5) is 4.79 Å². The van der Waals surface area contributed by atoms with Crippen LogP contribution in [0.2, 0.25) is 0 Å². The van der Waals surface area contributed by atoms with Gasteiger partial charge in [-0.1, -0.05) is 13.8 Å². The zero-order valence-corrected chi connectivity index (χ0v) is 13.8. The maximum Gasteiger partial charge on any atom is 0.408 e. The van der Waals surface area contributed by atoms with Gasteiger partial charge in [-0.2, -0.15) is 0 Å². The van der Waals surface area contributed by atoms with E-state index in [1.54, 1.807) is 11.8 Å². The predicted octanol–water partition coefficient (Wildman–Crippen LogP) is 2.01. The fourth-order valence-electron chi connectivity index (χ4n) is 3.87. The summed E-state index contributed by atoms with van der Waals surface area (Å²) in [4.78, 5) is 37.8. The van der Waals surface area contributed by atoms with Crippen molar-refractivity contribution in [2.45, 2.75) is 70.5 Å². The minimum absolute atomic E-state index is 0.00840. The molecule has 2 unspecified atom stereocenters. The van der Waals surface area contributed by atoms with E-state index in [4.69, 9.17) is 0 Å². The molecule has 2 amide bonds. The summed E-state index contributed by atoms with van der Waals surface area (Å²) in [6, 6.07) is -1.29. The summed E-state index contributed by atoms with van der Waals surface area (Å²) in [6.07, 6.45) is 3.22. The van der Waals surface area contributed by atoms with Crippen molar-refractivity contribution in [2.75, 3.05) is 6.54 Å². The molecule has 1 saturated heterocycles. The third-order valence-electron chi connectivity index (χ3n) is 5.17. The van der Waals surface area contributed by atoms with E-state index in [0.717, 1.165) is 30.6 Å². The molecule has 2 fully saturated rings. The number of aliphatic carboxylic acids is 1. The van der Waals surface area contributed by atoms with Gasteiger partial charge in [-0.25, -0.2) is 9.59 Å². The number of carbonyl (C=O) groups excluding carboxylic acids is 1. The lowest BCUT2D eigenvalue weighted by Gasteiger charge is -2.39. The molecule has 0 aromatic rings. The van der Waals surface area contributed by atoms with E-state index in [0.29, 0.717) is 12.3 Å². The van der Waals surface area contributed by atoms with E-state index >= 15 is 0 Å². The number of hydrogen-bond acceptors (Lipinski definition) is 3. The van der Waals surface area contributed by atoms with E-state index in [-0.39, 0.29) is 31.0 Å². The lowest BCUT2D eigenvalue weighted by molar-refractivity contribution is -0.142. The monoisotopic (exact) mass is 326 g/mol. The first kappa shape index (κ1) is 17.6. The summed E-state index contributed by atoms with van der Waals surface area (Å²) in [7, 11) is 0. The second-order valence-electron chi connectivity index (χ2n) is 6.75. The van der Waals surface area contributed by atoms with Crippen LogP contribution >= 0.6 is 0 Å². The fourth-order valence-corrected chi connectivity index (χ4v) is 3.87. The van der Waals surface area contributed by atoms with Crippen LogP contribution in [0.5, 0.6) is 0 Å². The Hall–Kier alpha value is -1.79. The van der Waals surface area contributed by atoms with Crippen LogP contribution in [0.25, 0.3) is 0 Å². The molecule has 0 aromatic carbocycles. The minimum atomic E-state index is -1.24. The molecule has 7 nitrogen and oxygen atoms in total. The Kier molecular flexibility index (Phi) is 5.49. The molecule has 2 atom stereocenters. The highest BCUT2D eigenvalue weighted by molar-refractivity contribution is 5.81. The SMILES string of the molecule is CCC(=O)N(C1CCC(C)CC1)C1CC(C(=O)O)N(C(=O)O)C1. The molecule has 1 heterocycles. The van der Waals surface area contributed by atoms with Gasteiger partial charge in [0.25, 0.3) is 0 Å². The Bertz CT molecular complexity index is 451. The number of rotatable bonds is 4. The maximum absolute atomic E-state index is 12.4. The number of carboxylic acid groups (broad SMARTS) is 2. The largest absolute Gasteiger partial charge is 0.480 e. The molecular formula is C16H26N2O5. The summed E-state index contributed by atoms with van der Waals surface area (Å²) in [5, 5.41) is 18.5. The molecule has 130 valence electrons. The number of amides is 2. The Morgan fingerprint density at radius 3 is 2.13 bits per heavy atom. The van der Waals surface area contributed by atoms with Crippen LogP contribution in [0.1, 0.15) is 52.4 Å². The van der Waals surface area contributed by atoms with Gasteiger partial charge in [0.1, 0.15) is 6.04 Å². The van der Waals surface area contributed by atoms with Crippen LogP contribution in [-0.4, -0.2) is 62.7 Å². The van der Waals surface area contributed by atoms with E-state index in [2.05, 4.69) is 6.92 Å². The van der Waals surface area contributed by atoms with Crippen LogP contribution < -0.4 is 0 Å². The Morgan fingerprint density at radius 1 is 1.09 bits per heavy atom.